The molecule has 0 aromatic heterocycles. The topological polar surface area (TPSA) is 65.0 Å². The van der Waals surface area contributed by atoms with Crippen LogP contribution in [0.4, 0.5) is 0 Å². The van der Waals surface area contributed by atoms with E-state index in [0.717, 1.165) is 62.5 Å². The molecule has 4 atom stereocenters. The van der Waals surface area contributed by atoms with Crippen molar-refractivity contribution in [3.8, 4) is 11.5 Å². The first-order valence-electron chi connectivity index (χ1n) is 16.4. The Kier molecular flexibility index (Phi) is 11.0. The number of esters is 1. The van der Waals surface area contributed by atoms with Gasteiger partial charge in [0.1, 0.15) is 6.10 Å². The van der Waals surface area contributed by atoms with Crippen molar-refractivity contribution >= 4 is 5.97 Å². The second-order valence-corrected chi connectivity index (χ2v) is 12.6. The van der Waals surface area contributed by atoms with E-state index in [4.69, 9.17) is 14.2 Å². The Morgan fingerprint density at radius 3 is 2.33 bits per heavy atom. The predicted octanol–water partition coefficient (Wildman–Crippen LogP) is 8.73. The molecule has 1 N–H and O–H groups in total. The fourth-order valence-corrected chi connectivity index (χ4v) is 7.94. The highest BCUT2D eigenvalue weighted by atomic mass is 16.7. The third kappa shape index (κ3) is 6.10. The van der Waals surface area contributed by atoms with Gasteiger partial charge >= 0.3 is 5.97 Å². The van der Waals surface area contributed by atoms with Crippen LogP contribution < -0.4 is 9.47 Å². The summed E-state index contributed by atoms with van der Waals surface area (Å²) in [6.07, 6.45) is 19.1. The lowest BCUT2D eigenvalue weighted by molar-refractivity contribution is -0.150. The summed E-state index contributed by atoms with van der Waals surface area (Å²) in [7, 11) is 0. The molecule has 1 saturated carbocycles. The minimum absolute atomic E-state index is 0.125. The second kappa shape index (κ2) is 14.2. The Hall–Kier alpha value is -2.01. The number of carbonyl (C=O) groups excluding carboxylic acids is 1. The highest BCUT2D eigenvalue weighted by Gasteiger charge is 2.68. The van der Waals surface area contributed by atoms with E-state index in [2.05, 4.69) is 33.4 Å². The molecule has 0 bridgehead atoms. The number of hydrogen-bond donors (Lipinski definition) is 1. The maximum absolute atomic E-state index is 12.4. The number of hydrogen-bond acceptors (Lipinski definition) is 5. The first-order valence-corrected chi connectivity index (χ1v) is 16.4. The van der Waals surface area contributed by atoms with Gasteiger partial charge in [-0.15, -0.1) is 0 Å². The number of unbranched alkanes of at least 4 members (excludes halogenated alkanes) is 10. The number of carbonyl (C=O) groups is 1. The lowest BCUT2D eigenvalue weighted by Crippen LogP contribution is -2.66. The normalized spacial score (nSPS) is 26.4. The van der Waals surface area contributed by atoms with E-state index >= 15 is 0 Å². The molecule has 3 aliphatic rings. The Balaban J connectivity index is 1.28. The van der Waals surface area contributed by atoms with E-state index in [1.165, 1.54) is 63.4 Å². The fraction of sp³-hybridized carbons (Fsp3) is 0.743. The Morgan fingerprint density at radius 1 is 1.00 bits per heavy atom. The van der Waals surface area contributed by atoms with Gasteiger partial charge in [-0.3, -0.25) is 4.79 Å². The van der Waals surface area contributed by atoms with Crippen LogP contribution in [0.2, 0.25) is 0 Å². The summed E-state index contributed by atoms with van der Waals surface area (Å²) in [5.41, 5.74) is 2.10. The summed E-state index contributed by atoms with van der Waals surface area (Å²) >= 11 is 0. The van der Waals surface area contributed by atoms with Gasteiger partial charge < -0.3 is 19.3 Å². The van der Waals surface area contributed by atoms with Gasteiger partial charge in [-0.1, -0.05) is 110 Å². The van der Waals surface area contributed by atoms with Gasteiger partial charge in [0.05, 0.1) is 11.0 Å². The molecule has 2 aliphatic carbocycles. The van der Waals surface area contributed by atoms with Crippen molar-refractivity contribution in [3.63, 3.8) is 0 Å². The van der Waals surface area contributed by atoms with E-state index < -0.39 is 11.0 Å². The van der Waals surface area contributed by atoms with Gasteiger partial charge in [0.15, 0.2) is 11.5 Å². The van der Waals surface area contributed by atoms with E-state index in [9.17, 15) is 9.90 Å². The minimum atomic E-state index is -0.818. The molecule has 0 saturated heterocycles. The van der Waals surface area contributed by atoms with Crippen LogP contribution in [-0.4, -0.2) is 29.6 Å². The molecular formula is C35H54O5. The van der Waals surface area contributed by atoms with Crippen LogP contribution in [0, 0.1) is 5.92 Å². The molecule has 1 heterocycles. The molecule has 0 spiro atoms. The molecule has 224 valence electrons. The number of rotatable bonds is 18. The van der Waals surface area contributed by atoms with Crippen molar-refractivity contribution in [2.24, 2.45) is 5.92 Å². The summed E-state index contributed by atoms with van der Waals surface area (Å²) < 4.78 is 18.1. The zero-order chi connectivity index (χ0) is 28.6. The van der Waals surface area contributed by atoms with Crippen LogP contribution in [0.15, 0.2) is 24.3 Å². The van der Waals surface area contributed by atoms with Crippen LogP contribution in [0.5, 0.6) is 11.5 Å². The summed E-state index contributed by atoms with van der Waals surface area (Å²) in [4.78, 5) is 12.4. The molecule has 0 radical (unpaired) electrons. The van der Waals surface area contributed by atoms with Crippen LogP contribution in [-0.2, 0) is 21.4 Å². The SMILES string of the molecule is C=C1CCC2(O)C(CC)Cc3ccc(OCOC(=O)CCCCCCCCCCCCC)c4c3C2(CCC)C1O4. The molecule has 5 nitrogen and oxygen atoms in total. The van der Waals surface area contributed by atoms with Crippen molar-refractivity contribution in [1.82, 2.24) is 0 Å². The molecule has 1 aromatic rings. The van der Waals surface area contributed by atoms with Crippen molar-refractivity contribution in [3.05, 3.63) is 35.4 Å². The summed E-state index contributed by atoms with van der Waals surface area (Å²) in [5, 5.41) is 12.3. The maximum atomic E-state index is 12.4. The number of aliphatic hydroxyl groups is 1. The molecule has 5 heteroatoms. The zero-order valence-electron chi connectivity index (χ0n) is 25.5. The number of ether oxygens (including phenoxy) is 3. The smallest absolute Gasteiger partial charge is 0.308 e. The fourth-order valence-electron chi connectivity index (χ4n) is 7.94. The average Bonchev–Trinajstić information content (AvgIpc) is 3.31. The Bertz CT molecular complexity index is 1000. The first kappa shape index (κ1) is 30.9. The third-order valence-electron chi connectivity index (χ3n) is 10.0. The van der Waals surface area contributed by atoms with Crippen molar-refractivity contribution < 1.29 is 24.1 Å². The zero-order valence-corrected chi connectivity index (χ0v) is 25.5. The van der Waals surface area contributed by atoms with Gasteiger partial charge in [0.25, 0.3) is 0 Å². The average molecular weight is 555 g/mol. The van der Waals surface area contributed by atoms with Crippen LogP contribution >= 0.6 is 0 Å². The Labute approximate surface area is 243 Å². The van der Waals surface area contributed by atoms with E-state index in [0.29, 0.717) is 17.9 Å². The van der Waals surface area contributed by atoms with Crippen LogP contribution in [0.25, 0.3) is 0 Å². The highest BCUT2D eigenvalue weighted by molar-refractivity contribution is 5.69. The van der Waals surface area contributed by atoms with Crippen molar-refractivity contribution in [1.29, 1.82) is 0 Å². The van der Waals surface area contributed by atoms with Crippen molar-refractivity contribution in [2.45, 2.75) is 153 Å². The molecule has 40 heavy (non-hydrogen) atoms. The van der Waals surface area contributed by atoms with Gasteiger partial charge in [0.2, 0.25) is 6.79 Å². The van der Waals surface area contributed by atoms with Gasteiger partial charge in [-0.2, -0.15) is 0 Å². The predicted molar refractivity (Wildman–Crippen MR) is 161 cm³/mol. The molecule has 1 aromatic carbocycles. The minimum Gasteiger partial charge on any atom is -0.481 e. The molecule has 4 rings (SSSR count). The summed E-state index contributed by atoms with van der Waals surface area (Å²) in [6, 6.07) is 4.08. The third-order valence-corrected chi connectivity index (χ3v) is 10.0. The molecule has 4 unspecified atom stereocenters. The summed E-state index contributed by atoms with van der Waals surface area (Å²) in [5.74, 6) is 1.29. The first-order chi connectivity index (χ1) is 19.4. The molecule has 0 amide bonds. The standard InChI is InChI=1S/C35H54O5/c1-5-8-9-10-11-12-13-14-15-16-17-18-30(36)39-25-38-29-20-19-27-24-28(7-3)35(37)23-21-26(4)33-34(35,22-6-2)31(27)32(29)40-33/h19-20,28,33,37H,4-18,21-25H2,1-3H3. The van der Waals surface area contributed by atoms with E-state index in [-0.39, 0.29) is 24.8 Å². The lowest BCUT2D eigenvalue weighted by Gasteiger charge is -2.58. The summed E-state index contributed by atoms with van der Waals surface area (Å²) in [6.45, 7) is 10.9. The monoisotopic (exact) mass is 554 g/mol. The molecule has 1 aliphatic heterocycles. The van der Waals surface area contributed by atoms with Crippen LogP contribution in [0.1, 0.15) is 141 Å². The highest BCUT2D eigenvalue weighted by Crippen LogP contribution is 2.66. The van der Waals surface area contributed by atoms with Crippen LogP contribution in [0.3, 0.4) is 0 Å². The molecule has 1 fully saturated rings. The lowest BCUT2D eigenvalue weighted by atomic mass is 9.48. The molecular weight excluding hydrogens is 500 g/mol. The Morgan fingerprint density at radius 2 is 1.68 bits per heavy atom. The number of benzene rings is 1. The van der Waals surface area contributed by atoms with E-state index in [1.807, 2.05) is 6.07 Å². The second-order valence-electron chi connectivity index (χ2n) is 12.6. The van der Waals surface area contributed by atoms with Gasteiger partial charge in [0, 0.05) is 12.0 Å². The quantitative estimate of drug-likeness (QED) is 0.0850. The largest absolute Gasteiger partial charge is 0.481 e. The maximum Gasteiger partial charge on any atom is 0.308 e. The van der Waals surface area contributed by atoms with E-state index in [1.54, 1.807) is 0 Å². The van der Waals surface area contributed by atoms with Gasteiger partial charge in [-0.25, -0.2) is 0 Å². The van der Waals surface area contributed by atoms with Crippen molar-refractivity contribution in [2.75, 3.05) is 6.79 Å². The van der Waals surface area contributed by atoms with Gasteiger partial charge in [-0.05, 0) is 55.2 Å².